The molecule has 0 heterocycles. The summed E-state index contributed by atoms with van der Waals surface area (Å²) in [6.45, 7) is 12.6. The van der Waals surface area contributed by atoms with E-state index in [0.29, 0.717) is 24.9 Å². The lowest BCUT2D eigenvalue weighted by atomic mass is 9.92. The van der Waals surface area contributed by atoms with E-state index in [1.54, 1.807) is 0 Å². The minimum Gasteiger partial charge on any atom is -0.465 e. The van der Waals surface area contributed by atoms with Crippen molar-refractivity contribution in [2.45, 2.75) is 227 Å². The third-order valence-electron chi connectivity index (χ3n) is 10.7. The fourth-order valence-corrected chi connectivity index (χ4v) is 7.30. The first-order chi connectivity index (χ1) is 24.4. The number of esters is 1. The highest BCUT2D eigenvalue weighted by Crippen LogP contribution is 2.23. The molecule has 0 spiro atoms. The highest BCUT2D eigenvalue weighted by molar-refractivity contribution is 5.78. The molecule has 5 heteroatoms. The molecule has 298 valence electrons. The molecule has 0 saturated heterocycles. The predicted octanol–water partition coefficient (Wildman–Crippen LogP) is 13.3. The number of unbranched alkanes of at least 4 members (excludes halogenated alkanes) is 20. The van der Waals surface area contributed by atoms with Crippen molar-refractivity contribution in [3.8, 4) is 0 Å². The quantitative estimate of drug-likeness (QED) is 0.0472. The normalized spacial score (nSPS) is 12.8. The molecule has 0 aromatic rings. The lowest BCUT2D eigenvalue weighted by Crippen LogP contribution is -2.38. The van der Waals surface area contributed by atoms with Gasteiger partial charge in [0, 0.05) is 25.4 Å². The molecule has 0 saturated carbocycles. The van der Waals surface area contributed by atoms with Crippen LogP contribution < -0.4 is 0 Å². The fraction of sp³-hybridized carbons (Fsp3) is 0.956. The van der Waals surface area contributed by atoms with Crippen LogP contribution in [0.1, 0.15) is 227 Å². The monoisotopic (exact) mass is 707 g/mol. The van der Waals surface area contributed by atoms with Gasteiger partial charge in [-0.05, 0) is 71.5 Å². The van der Waals surface area contributed by atoms with E-state index >= 15 is 0 Å². The van der Waals surface area contributed by atoms with Gasteiger partial charge >= 0.3 is 5.97 Å². The van der Waals surface area contributed by atoms with Gasteiger partial charge in [-0.25, -0.2) is 0 Å². The summed E-state index contributed by atoms with van der Waals surface area (Å²) < 4.78 is 5.74. The maximum Gasteiger partial charge on any atom is 0.305 e. The Morgan fingerprint density at radius 3 is 1.42 bits per heavy atom. The van der Waals surface area contributed by atoms with Gasteiger partial charge in [0.05, 0.1) is 6.61 Å². The second-order valence-corrected chi connectivity index (χ2v) is 16.1. The van der Waals surface area contributed by atoms with E-state index in [9.17, 15) is 9.59 Å². The standard InChI is InChI=1S/C45H90N2O3/c1-7-11-15-18-20-23-28-35-43(45(49)47(40-32-38-46(5)6)39-31-26-19-16-12-8-2)36-29-24-21-22-25-30-37-44(48)50-41-42(33-14-10-4)34-27-17-13-9-3/h42-43H,7-41H2,1-6H3. The number of hydrogen-bond donors (Lipinski definition) is 0. The molecule has 0 aromatic carbocycles. The van der Waals surface area contributed by atoms with Crippen molar-refractivity contribution in [2.75, 3.05) is 40.3 Å². The maximum atomic E-state index is 14.1. The molecule has 0 bridgehead atoms. The van der Waals surface area contributed by atoms with Crippen LogP contribution in [0.15, 0.2) is 0 Å². The van der Waals surface area contributed by atoms with Crippen molar-refractivity contribution in [3.05, 3.63) is 0 Å². The van der Waals surface area contributed by atoms with E-state index in [2.05, 4.69) is 51.6 Å². The molecule has 2 unspecified atom stereocenters. The summed E-state index contributed by atoms with van der Waals surface area (Å²) in [5, 5.41) is 0. The molecular formula is C45H90N2O3. The summed E-state index contributed by atoms with van der Waals surface area (Å²) in [6.07, 6.45) is 37.2. The van der Waals surface area contributed by atoms with Crippen molar-refractivity contribution in [2.24, 2.45) is 11.8 Å². The molecule has 5 nitrogen and oxygen atoms in total. The van der Waals surface area contributed by atoms with E-state index in [1.807, 2.05) is 0 Å². The Hall–Kier alpha value is -1.10. The molecule has 0 N–H and O–H groups in total. The molecular weight excluding hydrogens is 617 g/mol. The average Bonchev–Trinajstić information content (AvgIpc) is 3.10. The molecule has 0 radical (unpaired) electrons. The molecule has 0 fully saturated rings. The number of carbonyl (C=O) groups excluding carboxylic acids is 2. The Morgan fingerprint density at radius 1 is 0.460 bits per heavy atom. The third-order valence-corrected chi connectivity index (χ3v) is 10.7. The van der Waals surface area contributed by atoms with E-state index in [-0.39, 0.29) is 11.9 Å². The number of ether oxygens (including phenoxy) is 1. The molecule has 0 aliphatic carbocycles. The minimum absolute atomic E-state index is 0.00266. The van der Waals surface area contributed by atoms with Crippen LogP contribution in [-0.2, 0) is 14.3 Å². The molecule has 0 rings (SSSR count). The summed E-state index contributed by atoms with van der Waals surface area (Å²) in [4.78, 5) is 31.0. The second kappa shape index (κ2) is 37.7. The lowest BCUT2D eigenvalue weighted by Gasteiger charge is -2.28. The zero-order chi connectivity index (χ0) is 36.9. The minimum atomic E-state index is 0.00266. The molecule has 0 aliphatic rings. The Kier molecular flexibility index (Phi) is 36.8. The smallest absolute Gasteiger partial charge is 0.305 e. The van der Waals surface area contributed by atoms with Crippen molar-refractivity contribution >= 4 is 11.9 Å². The molecule has 0 aliphatic heterocycles. The van der Waals surface area contributed by atoms with Crippen molar-refractivity contribution in [1.29, 1.82) is 0 Å². The van der Waals surface area contributed by atoms with Gasteiger partial charge in [-0.15, -0.1) is 0 Å². The third kappa shape index (κ3) is 31.6. The first kappa shape index (κ1) is 48.9. The summed E-state index contributed by atoms with van der Waals surface area (Å²) >= 11 is 0. The Bertz CT molecular complexity index is 727. The van der Waals surface area contributed by atoms with Gasteiger partial charge in [0.25, 0.3) is 0 Å². The number of rotatable bonds is 39. The topological polar surface area (TPSA) is 49.9 Å². The van der Waals surface area contributed by atoms with Crippen LogP contribution in [0.3, 0.4) is 0 Å². The molecule has 2 atom stereocenters. The van der Waals surface area contributed by atoms with Gasteiger partial charge in [-0.3, -0.25) is 9.59 Å². The first-order valence-electron chi connectivity index (χ1n) is 22.5. The SMILES string of the molecule is CCCCCCCCCC(CCCCCCCCC(=O)OCC(CCCC)CCCCCC)C(=O)N(CCCCCCCC)CCCN(C)C. The first-order valence-corrected chi connectivity index (χ1v) is 22.5. The fourth-order valence-electron chi connectivity index (χ4n) is 7.30. The van der Waals surface area contributed by atoms with E-state index in [4.69, 9.17) is 4.74 Å². The number of nitrogens with zero attached hydrogens (tertiary/aromatic N) is 2. The molecule has 0 aromatic heterocycles. The van der Waals surface area contributed by atoms with Gasteiger partial charge in [0.2, 0.25) is 5.91 Å². The van der Waals surface area contributed by atoms with Crippen molar-refractivity contribution < 1.29 is 14.3 Å². The highest BCUT2D eigenvalue weighted by atomic mass is 16.5. The lowest BCUT2D eigenvalue weighted by molar-refractivity contribution is -0.145. The Morgan fingerprint density at radius 2 is 0.880 bits per heavy atom. The number of hydrogen-bond acceptors (Lipinski definition) is 4. The van der Waals surface area contributed by atoms with Crippen LogP contribution in [0.5, 0.6) is 0 Å². The van der Waals surface area contributed by atoms with Gasteiger partial charge < -0.3 is 14.5 Å². The summed E-state index contributed by atoms with van der Waals surface area (Å²) in [6, 6.07) is 0. The molecule has 1 amide bonds. The molecule has 50 heavy (non-hydrogen) atoms. The van der Waals surface area contributed by atoms with E-state index < -0.39 is 0 Å². The van der Waals surface area contributed by atoms with E-state index in [1.165, 1.54) is 148 Å². The van der Waals surface area contributed by atoms with Gasteiger partial charge in [-0.1, -0.05) is 175 Å². The predicted molar refractivity (Wildman–Crippen MR) is 219 cm³/mol. The van der Waals surface area contributed by atoms with Crippen LogP contribution in [-0.4, -0.2) is 62.0 Å². The maximum absolute atomic E-state index is 14.1. The van der Waals surface area contributed by atoms with Gasteiger partial charge in [0.1, 0.15) is 0 Å². The zero-order valence-corrected chi connectivity index (χ0v) is 35.0. The van der Waals surface area contributed by atoms with Crippen LogP contribution >= 0.6 is 0 Å². The van der Waals surface area contributed by atoms with Crippen molar-refractivity contribution in [3.63, 3.8) is 0 Å². The second-order valence-electron chi connectivity index (χ2n) is 16.1. The Balaban J connectivity index is 4.72. The van der Waals surface area contributed by atoms with Crippen LogP contribution in [0.2, 0.25) is 0 Å². The van der Waals surface area contributed by atoms with Crippen LogP contribution in [0.25, 0.3) is 0 Å². The number of amides is 1. The van der Waals surface area contributed by atoms with Gasteiger partial charge in [0.15, 0.2) is 0 Å². The van der Waals surface area contributed by atoms with E-state index in [0.717, 1.165) is 64.6 Å². The average molecular weight is 707 g/mol. The summed E-state index contributed by atoms with van der Waals surface area (Å²) in [5.74, 6) is 1.17. The van der Waals surface area contributed by atoms with Crippen LogP contribution in [0.4, 0.5) is 0 Å². The van der Waals surface area contributed by atoms with Crippen molar-refractivity contribution in [1.82, 2.24) is 9.80 Å². The summed E-state index contributed by atoms with van der Waals surface area (Å²) in [5.41, 5.74) is 0. The van der Waals surface area contributed by atoms with Gasteiger partial charge in [-0.2, -0.15) is 0 Å². The number of carbonyl (C=O) groups is 2. The Labute approximate surface area is 314 Å². The van der Waals surface area contributed by atoms with Crippen LogP contribution in [0, 0.1) is 11.8 Å². The summed E-state index contributed by atoms with van der Waals surface area (Å²) in [7, 11) is 4.27. The highest BCUT2D eigenvalue weighted by Gasteiger charge is 2.23. The largest absolute Gasteiger partial charge is 0.465 e. The zero-order valence-electron chi connectivity index (χ0n) is 35.0.